The van der Waals surface area contributed by atoms with E-state index in [0.717, 1.165) is 28.2 Å². The number of amides is 2. The van der Waals surface area contributed by atoms with E-state index in [1.165, 1.54) is 4.90 Å². The minimum Gasteiger partial charge on any atom is -0.374 e. The van der Waals surface area contributed by atoms with Crippen LogP contribution in [-0.2, 0) is 9.59 Å². The molecular weight excluding hydrogens is 290 g/mol. The van der Waals surface area contributed by atoms with E-state index < -0.39 is 0 Å². The first-order valence-electron chi connectivity index (χ1n) is 7.55. The molecule has 2 N–H and O–H groups in total. The topological polar surface area (TPSA) is 61.4 Å². The molecular formula is C18H19N3O2. The van der Waals surface area contributed by atoms with Crippen molar-refractivity contribution < 1.29 is 9.59 Å². The van der Waals surface area contributed by atoms with Crippen molar-refractivity contribution in [1.82, 2.24) is 0 Å². The zero-order valence-corrected chi connectivity index (χ0v) is 13.2. The summed E-state index contributed by atoms with van der Waals surface area (Å²) in [5.41, 5.74) is 4.43. The number of rotatable bonds is 3. The Morgan fingerprint density at radius 2 is 1.83 bits per heavy atom. The van der Waals surface area contributed by atoms with Crippen molar-refractivity contribution in [3.05, 3.63) is 53.6 Å². The maximum atomic E-state index is 12.4. The van der Waals surface area contributed by atoms with Crippen molar-refractivity contribution in [2.45, 2.75) is 13.8 Å². The average Bonchev–Trinajstić information content (AvgIpc) is 2.54. The van der Waals surface area contributed by atoms with Gasteiger partial charge in [0.2, 0.25) is 11.8 Å². The number of hydrogen-bond donors (Lipinski definition) is 2. The number of fused-ring (bicyclic) bond motifs is 1. The summed E-state index contributed by atoms with van der Waals surface area (Å²) >= 11 is 0. The van der Waals surface area contributed by atoms with Gasteiger partial charge in [0.1, 0.15) is 6.54 Å². The van der Waals surface area contributed by atoms with Gasteiger partial charge in [-0.15, -0.1) is 0 Å². The molecule has 0 aromatic heterocycles. The predicted octanol–water partition coefficient (Wildman–Crippen LogP) is 2.70. The van der Waals surface area contributed by atoms with E-state index in [-0.39, 0.29) is 24.9 Å². The van der Waals surface area contributed by atoms with E-state index >= 15 is 0 Å². The summed E-state index contributed by atoms with van der Waals surface area (Å²) in [5, 5.41) is 5.98. The summed E-state index contributed by atoms with van der Waals surface area (Å²) in [6, 6.07) is 13.4. The Morgan fingerprint density at radius 1 is 1.13 bits per heavy atom. The highest BCUT2D eigenvalue weighted by molar-refractivity contribution is 6.08. The Kier molecular flexibility index (Phi) is 4.02. The van der Waals surface area contributed by atoms with Gasteiger partial charge < -0.3 is 10.6 Å². The molecule has 1 aliphatic heterocycles. The van der Waals surface area contributed by atoms with Gasteiger partial charge in [0.05, 0.1) is 17.9 Å². The van der Waals surface area contributed by atoms with Gasteiger partial charge in [-0.25, -0.2) is 0 Å². The fraction of sp³-hybridized carbons (Fsp3) is 0.222. The minimum absolute atomic E-state index is 0.00526. The molecule has 1 heterocycles. The van der Waals surface area contributed by atoms with E-state index in [4.69, 9.17) is 0 Å². The third-order valence-corrected chi connectivity index (χ3v) is 3.97. The van der Waals surface area contributed by atoms with Crippen LogP contribution < -0.4 is 15.5 Å². The number of aryl methyl sites for hydroxylation is 2. The van der Waals surface area contributed by atoms with Crippen LogP contribution in [0.5, 0.6) is 0 Å². The molecule has 2 aromatic carbocycles. The quantitative estimate of drug-likeness (QED) is 0.916. The molecule has 0 fully saturated rings. The van der Waals surface area contributed by atoms with Crippen molar-refractivity contribution in [3.63, 3.8) is 0 Å². The van der Waals surface area contributed by atoms with Crippen LogP contribution in [0.2, 0.25) is 0 Å². The number of carbonyl (C=O) groups is 2. The van der Waals surface area contributed by atoms with Gasteiger partial charge in [-0.2, -0.15) is 0 Å². The van der Waals surface area contributed by atoms with Crippen LogP contribution in [0.3, 0.4) is 0 Å². The summed E-state index contributed by atoms with van der Waals surface area (Å²) in [6.07, 6.45) is 0. The van der Waals surface area contributed by atoms with Crippen molar-refractivity contribution in [3.8, 4) is 0 Å². The molecule has 0 saturated heterocycles. The highest BCUT2D eigenvalue weighted by Crippen LogP contribution is 2.29. The van der Waals surface area contributed by atoms with Crippen LogP contribution in [0.25, 0.3) is 0 Å². The second-order valence-corrected chi connectivity index (χ2v) is 5.67. The van der Waals surface area contributed by atoms with Crippen molar-refractivity contribution in [2.75, 3.05) is 28.6 Å². The Bertz CT molecular complexity index is 750. The molecule has 0 spiro atoms. The summed E-state index contributed by atoms with van der Waals surface area (Å²) < 4.78 is 0. The van der Waals surface area contributed by atoms with Crippen LogP contribution in [-0.4, -0.2) is 24.9 Å². The van der Waals surface area contributed by atoms with Crippen LogP contribution in [0.15, 0.2) is 42.5 Å². The van der Waals surface area contributed by atoms with Crippen LogP contribution in [0.4, 0.5) is 17.1 Å². The van der Waals surface area contributed by atoms with E-state index in [1.54, 1.807) is 0 Å². The second kappa shape index (κ2) is 6.12. The molecule has 0 bridgehead atoms. The molecule has 5 nitrogen and oxygen atoms in total. The third kappa shape index (κ3) is 3.04. The maximum absolute atomic E-state index is 12.4. The van der Waals surface area contributed by atoms with Crippen molar-refractivity contribution >= 4 is 28.9 Å². The standard InChI is InChI=1S/C18H19N3O2/c1-12-6-5-7-13(2)18(12)20-16(22)11-21-15-9-4-3-8-14(15)19-10-17(21)23/h3-9,19H,10-11H2,1-2H3,(H,20,22). The van der Waals surface area contributed by atoms with Crippen LogP contribution in [0, 0.1) is 13.8 Å². The average molecular weight is 309 g/mol. The van der Waals surface area contributed by atoms with E-state index in [0.29, 0.717) is 0 Å². The lowest BCUT2D eigenvalue weighted by Crippen LogP contribution is -2.44. The van der Waals surface area contributed by atoms with E-state index in [2.05, 4.69) is 10.6 Å². The van der Waals surface area contributed by atoms with Crippen LogP contribution >= 0.6 is 0 Å². The zero-order chi connectivity index (χ0) is 16.4. The summed E-state index contributed by atoms with van der Waals surface area (Å²) in [7, 11) is 0. The minimum atomic E-state index is -0.201. The Balaban J connectivity index is 1.79. The lowest BCUT2D eigenvalue weighted by molar-refractivity contribution is -0.120. The molecule has 23 heavy (non-hydrogen) atoms. The first-order chi connectivity index (χ1) is 11.1. The zero-order valence-electron chi connectivity index (χ0n) is 13.2. The molecule has 3 rings (SSSR count). The molecule has 2 amide bonds. The van der Waals surface area contributed by atoms with Gasteiger partial charge in [-0.1, -0.05) is 30.3 Å². The van der Waals surface area contributed by atoms with E-state index in [1.807, 2.05) is 56.3 Å². The number of benzene rings is 2. The number of nitrogens with zero attached hydrogens (tertiary/aromatic N) is 1. The number of para-hydroxylation sites is 3. The summed E-state index contributed by atoms with van der Waals surface area (Å²) in [6.45, 7) is 4.11. The fourth-order valence-electron chi connectivity index (χ4n) is 2.77. The number of nitrogens with one attached hydrogen (secondary N) is 2. The fourth-order valence-corrected chi connectivity index (χ4v) is 2.77. The van der Waals surface area contributed by atoms with Crippen molar-refractivity contribution in [2.24, 2.45) is 0 Å². The van der Waals surface area contributed by atoms with Crippen LogP contribution in [0.1, 0.15) is 11.1 Å². The Labute approximate surface area is 135 Å². The molecule has 2 aromatic rings. The largest absolute Gasteiger partial charge is 0.374 e. The maximum Gasteiger partial charge on any atom is 0.246 e. The van der Waals surface area contributed by atoms with Gasteiger partial charge >= 0.3 is 0 Å². The van der Waals surface area contributed by atoms with Gasteiger partial charge in [-0.3, -0.25) is 14.5 Å². The van der Waals surface area contributed by atoms with Gasteiger partial charge in [0.15, 0.2) is 0 Å². The molecule has 5 heteroatoms. The number of carbonyl (C=O) groups excluding carboxylic acids is 2. The number of hydrogen-bond acceptors (Lipinski definition) is 3. The Morgan fingerprint density at radius 3 is 2.57 bits per heavy atom. The molecule has 118 valence electrons. The van der Waals surface area contributed by atoms with Gasteiger partial charge in [-0.05, 0) is 37.1 Å². The lowest BCUT2D eigenvalue weighted by Gasteiger charge is -2.29. The highest BCUT2D eigenvalue weighted by atomic mass is 16.2. The molecule has 0 radical (unpaired) electrons. The first kappa shape index (κ1) is 15.1. The third-order valence-electron chi connectivity index (χ3n) is 3.97. The van der Waals surface area contributed by atoms with Gasteiger partial charge in [0.25, 0.3) is 0 Å². The molecule has 0 atom stereocenters. The SMILES string of the molecule is Cc1cccc(C)c1NC(=O)CN1C(=O)CNc2ccccc21. The Hall–Kier alpha value is -2.82. The highest BCUT2D eigenvalue weighted by Gasteiger charge is 2.25. The molecule has 0 unspecified atom stereocenters. The monoisotopic (exact) mass is 309 g/mol. The summed E-state index contributed by atoms with van der Waals surface area (Å²) in [5.74, 6) is -0.312. The van der Waals surface area contributed by atoms with Crippen molar-refractivity contribution in [1.29, 1.82) is 0 Å². The predicted molar refractivity (Wildman–Crippen MR) is 91.8 cm³/mol. The molecule has 0 aliphatic carbocycles. The number of anilines is 3. The summed E-state index contributed by atoms with van der Waals surface area (Å²) in [4.78, 5) is 26.1. The van der Waals surface area contributed by atoms with Gasteiger partial charge in [0, 0.05) is 5.69 Å². The van der Waals surface area contributed by atoms with E-state index in [9.17, 15) is 9.59 Å². The smallest absolute Gasteiger partial charge is 0.246 e. The first-order valence-corrected chi connectivity index (χ1v) is 7.55. The molecule has 0 saturated carbocycles. The molecule has 1 aliphatic rings. The lowest BCUT2D eigenvalue weighted by atomic mass is 10.1. The second-order valence-electron chi connectivity index (χ2n) is 5.67. The normalized spacial score (nSPS) is 13.3.